The van der Waals surface area contributed by atoms with Crippen molar-refractivity contribution in [2.45, 2.75) is 38.9 Å². The molecule has 0 fully saturated rings. The number of pyridine rings is 1. The van der Waals surface area contributed by atoms with Gasteiger partial charge in [0.05, 0.1) is 38.9 Å². The van der Waals surface area contributed by atoms with Gasteiger partial charge in [-0.2, -0.15) is 13.2 Å². The van der Waals surface area contributed by atoms with E-state index in [9.17, 15) is 30.8 Å². The van der Waals surface area contributed by atoms with E-state index >= 15 is 0 Å². The van der Waals surface area contributed by atoms with Crippen LogP contribution in [-0.4, -0.2) is 37.7 Å². The van der Waals surface area contributed by atoms with E-state index in [0.29, 0.717) is 23.5 Å². The molecule has 0 bridgehead atoms. The topological polar surface area (TPSA) is 106 Å². The average Bonchev–Trinajstić information content (AvgIpc) is 3.20. The van der Waals surface area contributed by atoms with Crippen molar-refractivity contribution in [3.05, 3.63) is 91.9 Å². The highest BCUT2D eigenvalue weighted by atomic mass is 35.5. The molecule has 0 spiro atoms. The second-order valence-electron chi connectivity index (χ2n) is 8.92. The molecule has 206 valence electrons. The molecule has 1 aromatic rings. The van der Waals surface area contributed by atoms with Crippen molar-refractivity contribution in [2.75, 3.05) is 4.90 Å². The molecule has 7 nitrogen and oxygen atoms in total. The normalized spacial score (nSPS) is 22.6. The Morgan fingerprint density at radius 3 is 2.64 bits per heavy atom. The third-order valence-corrected chi connectivity index (χ3v) is 8.15. The first-order valence-corrected chi connectivity index (χ1v) is 13.7. The van der Waals surface area contributed by atoms with Crippen molar-refractivity contribution < 1.29 is 30.8 Å². The maximum Gasteiger partial charge on any atom is 0.394 e. The fourth-order valence-electron chi connectivity index (χ4n) is 4.33. The lowest BCUT2D eigenvalue weighted by Crippen LogP contribution is -2.32. The summed E-state index contributed by atoms with van der Waals surface area (Å²) >= 11 is 6.45. The lowest BCUT2D eigenvalue weighted by molar-refractivity contribution is -0.156. The van der Waals surface area contributed by atoms with Crippen molar-refractivity contribution in [3.8, 4) is 0 Å². The molecule has 3 heterocycles. The lowest BCUT2D eigenvalue weighted by Gasteiger charge is -2.30. The maximum atomic E-state index is 14.8. The summed E-state index contributed by atoms with van der Waals surface area (Å²) in [6.45, 7) is 2.61. The third-order valence-electron chi connectivity index (χ3n) is 6.41. The van der Waals surface area contributed by atoms with Crippen LogP contribution in [0.1, 0.15) is 26.7 Å². The van der Waals surface area contributed by atoms with Gasteiger partial charge in [0, 0.05) is 24.2 Å². The summed E-state index contributed by atoms with van der Waals surface area (Å²) in [5, 5.41) is 0.719. The van der Waals surface area contributed by atoms with Crippen LogP contribution in [0.5, 0.6) is 0 Å². The molecule has 2 unspecified atom stereocenters. The Morgan fingerprint density at radius 1 is 1.36 bits per heavy atom. The molecule has 39 heavy (non-hydrogen) atoms. The smallest absolute Gasteiger partial charge is 0.366 e. The van der Waals surface area contributed by atoms with Crippen LogP contribution in [0.3, 0.4) is 0 Å². The highest BCUT2D eigenvalue weighted by Gasteiger charge is 2.43. The molecule has 1 amide bonds. The van der Waals surface area contributed by atoms with Crippen molar-refractivity contribution in [3.63, 3.8) is 0 Å². The van der Waals surface area contributed by atoms with Crippen molar-refractivity contribution in [1.29, 1.82) is 0 Å². The Bertz CT molecular complexity index is 1550. The molecule has 3 aliphatic rings. The molecule has 2 N–H and O–H groups in total. The highest BCUT2D eigenvalue weighted by Crippen LogP contribution is 2.46. The number of aliphatic imine (C=N–C) groups is 1. The van der Waals surface area contributed by atoms with E-state index < -0.39 is 39.7 Å². The molecule has 0 aromatic carbocycles. The number of allylic oxidation sites excluding steroid dienone is 5. The molecule has 4 rings (SSSR count). The number of anilines is 1. The summed E-state index contributed by atoms with van der Waals surface area (Å²) in [5.74, 6) is -3.12. The zero-order chi connectivity index (χ0) is 28.7. The van der Waals surface area contributed by atoms with Crippen LogP contribution in [0.15, 0.2) is 91.9 Å². The van der Waals surface area contributed by atoms with Crippen molar-refractivity contribution in [1.82, 2.24) is 4.98 Å². The number of alkyl halides is 3. The fraction of sp³-hybridized carbons (Fsp3) is 0.269. The van der Waals surface area contributed by atoms with Gasteiger partial charge in [0.15, 0.2) is 5.82 Å². The van der Waals surface area contributed by atoms with Gasteiger partial charge in [-0.15, -0.1) is 0 Å². The van der Waals surface area contributed by atoms with Crippen molar-refractivity contribution >= 4 is 39.4 Å². The Balaban J connectivity index is 1.83. The number of primary amides is 1. The van der Waals surface area contributed by atoms with Crippen molar-refractivity contribution in [2.24, 2.45) is 16.6 Å². The van der Waals surface area contributed by atoms with E-state index in [1.165, 1.54) is 18.3 Å². The second kappa shape index (κ2) is 10.6. The number of sulfone groups is 1. The van der Waals surface area contributed by atoms with Gasteiger partial charge in [0.25, 0.3) is 5.91 Å². The minimum atomic E-state index is -4.59. The summed E-state index contributed by atoms with van der Waals surface area (Å²) < 4.78 is 78.6. The maximum absolute atomic E-state index is 14.8. The minimum Gasteiger partial charge on any atom is -0.366 e. The lowest BCUT2D eigenvalue weighted by atomic mass is 9.93. The number of nitrogens with two attached hydrogens (primary N) is 1. The summed E-state index contributed by atoms with van der Waals surface area (Å²) in [7, 11) is -4.24. The summed E-state index contributed by atoms with van der Waals surface area (Å²) in [6, 6.07) is 2.49. The average molecular weight is 583 g/mol. The number of dihydropyridines is 1. The van der Waals surface area contributed by atoms with Crippen LogP contribution < -0.4 is 10.6 Å². The number of nitrogens with zero attached hydrogens (tertiary/aromatic N) is 3. The Hall–Kier alpha value is -3.51. The Kier molecular flexibility index (Phi) is 7.72. The van der Waals surface area contributed by atoms with Gasteiger partial charge in [-0.05, 0) is 35.8 Å². The van der Waals surface area contributed by atoms with Crippen LogP contribution in [0, 0.1) is 5.92 Å². The van der Waals surface area contributed by atoms with Gasteiger partial charge >= 0.3 is 6.18 Å². The van der Waals surface area contributed by atoms with Crippen LogP contribution in [0.25, 0.3) is 0 Å². The van der Waals surface area contributed by atoms with E-state index in [0.717, 1.165) is 13.1 Å². The van der Waals surface area contributed by atoms with Gasteiger partial charge in [-0.1, -0.05) is 43.7 Å². The Morgan fingerprint density at radius 2 is 2.08 bits per heavy atom. The van der Waals surface area contributed by atoms with Gasteiger partial charge < -0.3 is 10.6 Å². The number of carbonyl (C=O) groups is 1. The molecule has 0 saturated heterocycles. The first-order valence-electron chi connectivity index (χ1n) is 11.8. The first kappa shape index (κ1) is 28.5. The molecular weight excluding hydrogens is 560 g/mol. The number of fused-ring (bicyclic) bond motifs is 1. The molecule has 2 atom stereocenters. The zero-order valence-electron chi connectivity index (χ0n) is 20.7. The summed E-state index contributed by atoms with van der Waals surface area (Å²) in [5.41, 5.74) is 6.76. The standard InChI is InChI=1S/C26H23ClF4N4O3S/c1-3-15-11-21-17(12-19(15)28)22(24(32)36)23(35(21)25-18(27)5-4-9-33-25)20-7-6-16(13-34-20)39(37,38)10-8-14(2)26(29,30)31/h4-6,8-14,21H,3,7H2,1-2H3,(H2,32,36)/b10-8-,23-20?. The molecule has 1 aliphatic carbocycles. The first-order chi connectivity index (χ1) is 18.3. The molecule has 0 saturated carbocycles. The van der Waals surface area contributed by atoms with E-state index in [1.807, 2.05) is 0 Å². The number of halogens is 5. The van der Waals surface area contributed by atoms with E-state index in [-0.39, 0.29) is 44.7 Å². The number of amides is 1. The molecule has 2 aliphatic heterocycles. The number of rotatable bonds is 6. The SMILES string of the molecule is CCC1=CC2C(=C(C(N)=O)C(=C3CC=C(S(=O)(=O)/C=C\C(C)C(F)(F)F)C=N3)N2c2ncccc2Cl)C=C1F. The van der Waals surface area contributed by atoms with Gasteiger partial charge in [-0.3, -0.25) is 9.79 Å². The van der Waals surface area contributed by atoms with E-state index in [1.54, 1.807) is 30.0 Å². The molecular formula is C26H23ClF4N4O3S. The van der Waals surface area contributed by atoms with Crippen LogP contribution >= 0.6 is 11.6 Å². The number of carbonyl (C=O) groups excluding carboxylic acids is 1. The second-order valence-corrected chi connectivity index (χ2v) is 11.2. The van der Waals surface area contributed by atoms with E-state index in [2.05, 4.69) is 9.98 Å². The van der Waals surface area contributed by atoms with Gasteiger partial charge in [0.1, 0.15) is 5.83 Å². The summed E-state index contributed by atoms with van der Waals surface area (Å²) in [6.07, 6.45) is 2.80. The number of hydrogen-bond donors (Lipinski definition) is 1. The monoisotopic (exact) mass is 582 g/mol. The van der Waals surface area contributed by atoms with Gasteiger partial charge in [0.2, 0.25) is 9.84 Å². The molecule has 13 heteroatoms. The largest absolute Gasteiger partial charge is 0.394 e. The quantitative estimate of drug-likeness (QED) is 0.439. The highest BCUT2D eigenvalue weighted by molar-refractivity contribution is 7.98. The predicted octanol–water partition coefficient (Wildman–Crippen LogP) is 5.61. The zero-order valence-corrected chi connectivity index (χ0v) is 22.3. The molecule has 0 radical (unpaired) electrons. The van der Waals surface area contributed by atoms with Crippen LogP contribution in [0.4, 0.5) is 23.4 Å². The fourth-order valence-corrected chi connectivity index (χ4v) is 5.65. The van der Waals surface area contributed by atoms with Gasteiger partial charge in [-0.25, -0.2) is 17.8 Å². The minimum absolute atomic E-state index is 0.0333. The predicted molar refractivity (Wildman–Crippen MR) is 141 cm³/mol. The number of hydrogen-bond acceptors (Lipinski definition) is 6. The Labute approximate surface area is 227 Å². The number of aromatic nitrogens is 1. The van der Waals surface area contributed by atoms with Crippen LogP contribution in [-0.2, 0) is 14.6 Å². The summed E-state index contributed by atoms with van der Waals surface area (Å²) in [4.78, 5) is 22.6. The van der Waals surface area contributed by atoms with E-state index in [4.69, 9.17) is 17.3 Å². The third kappa shape index (κ3) is 5.48. The van der Waals surface area contributed by atoms with Crippen LogP contribution in [0.2, 0.25) is 5.02 Å². The molecule has 1 aromatic heterocycles.